The molecule has 3 heteroatoms. The number of aryl methyl sites for hydroxylation is 1. The van der Waals surface area contributed by atoms with Crippen molar-refractivity contribution in [1.82, 2.24) is 9.78 Å². The molecule has 0 aliphatic heterocycles. The van der Waals surface area contributed by atoms with Crippen molar-refractivity contribution in [2.75, 3.05) is 0 Å². The summed E-state index contributed by atoms with van der Waals surface area (Å²) < 4.78 is 1.87. The van der Waals surface area contributed by atoms with Crippen molar-refractivity contribution in [2.24, 2.45) is 0 Å². The van der Waals surface area contributed by atoms with Crippen LogP contribution in [-0.2, 0) is 0 Å². The molecule has 1 N–H and O–H groups in total. The van der Waals surface area contributed by atoms with Gasteiger partial charge >= 0.3 is 0 Å². The van der Waals surface area contributed by atoms with Crippen LogP contribution in [0.25, 0.3) is 17.8 Å². The summed E-state index contributed by atoms with van der Waals surface area (Å²) in [5.41, 5.74) is 4.03. The fourth-order valence-corrected chi connectivity index (χ4v) is 2.18. The average molecular weight is 276 g/mol. The highest BCUT2D eigenvalue weighted by Gasteiger charge is 2.05. The van der Waals surface area contributed by atoms with Crippen LogP contribution in [0.3, 0.4) is 0 Å². The van der Waals surface area contributed by atoms with Gasteiger partial charge in [-0.05, 0) is 48.9 Å². The topological polar surface area (TPSA) is 38.0 Å². The van der Waals surface area contributed by atoms with Gasteiger partial charge in [0.2, 0.25) is 0 Å². The number of aromatic nitrogens is 2. The number of benzene rings is 2. The van der Waals surface area contributed by atoms with Crippen LogP contribution in [0.1, 0.15) is 17.0 Å². The van der Waals surface area contributed by atoms with E-state index in [-0.39, 0.29) is 5.75 Å². The number of phenolic OH excluding ortho intramolecular Hbond substituents is 1. The monoisotopic (exact) mass is 276 g/mol. The lowest BCUT2D eigenvalue weighted by atomic mass is 10.2. The van der Waals surface area contributed by atoms with Gasteiger partial charge in [-0.25, -0.2) is 4.68 Å². The molecule has 3 nitrogen and oxygen atoms in total. The van der Waals surface area contributed by atoms with Gasteiger partial charge in [0, 0.05) is 0 Å². The average Bonchev–Trinajstić information content (AvgIpc) is 2.88. The van der Waals surface area contributed by atoms with Crippen LogP contribution in [0.15, 0.2) is 60.7 Å². The van der Waals surface area contributed by atoms with Crippen LogP contribution in [0.4, 0.5) is 0 Å². The van der Waals surface area contributed by atoms with Crippen molar-refractivity contribution in [2.45, 2.75) is 6.92 Å². The quantitative estimate of drug-likeness (QED) is 0.783. The number of rotatable bonds is 3. The van der Waals surface area contributed by atoms with Crippen molar-refractivity contribution in [3.63, 3.8) is 0 Å². The summed E-state index contributed by atoms with van der Waals surface area (Å²) in [5, 5.41) is 13.9. The van der Waals surface area contributed by atoms with Gasteiger partial charge < -0.3 is 5.11 Å². The van der Waals surface area contributed by atoms with Gasteiger partial charge in [-0.1, -0.05) is 36.4 Å². The molecular formula is C18H16N2O. The Hall–Kier alpha value is -2.81. The highest BCUT2D eigenvalue weighted by molar-refractivity contribution is 5.69. The van der Waals surface area contributed by atoms with Gasteiger partial charge in [-0.15, -0.1) is 0 Å². The van der Waals surface area contributed by atoms with Gasteiger partial charge in [0.05, 0.1) is 17.1 Å². The molecular weight excluding hydrogens is 260 g/mol. The lowest BCUT2D eigenvalue weighted by Crippen LogP contribution is -1.98. The molecule has 0 fully saturated rings. The van der Waals surface area contributed by atoms with E-state index in [1.54, 1.807) is 12.1 Å². The van der Waals surface area contributed by atoms with Crippen LogP contribution in [0, 0.1) is 6.92 Å². The smallest absolute Gasteiger partial charge is 0.115 e. The van der Waals surface area contributed by atoms with Crippen LogP contribution in [-0.4, -0.2) is 14.9 Å². The third-order valence-electron chi connectivity index (χ3n) is 3.20. The molecule has 21 heavy (non-hydrogen) atoms. The summed E-state index contributed by atoms with van der Waals surface area (Å²) in [4.78, 5) is 0. The molecule has 0 saturated carbocycles. The van der Waals surface area contributed by atoms with E-state index in [2.05, 4.69) is 23.3 Å². The summed E-state index contributed by atoms with van der Waals surface area (Å²) in [6.45, 7) is 1.97. The Morgan fingerprint density at radius 1 is 0.952 bits per heavy atom. The van der Waals surface area contributed by atoms with E-state index in [9.17, 15) is 5.11 Å². The van der Waals surface area contributed by atoms with E-state index in [0.717, 1.165) is 22.6 Å². The lowest BCUT2D eigenvalue weighted by Gasteiger charge is -2.04. The van der Waals surface area contributed by atoms with E-state index < -0.39 is 0 Å². The summed E-state index contributed by atoms with van der Waals surface area (Å²) in [6, 6.07) is 19.2. The zero-order valence-corrected chi connectivity index (χ0v) is 11.8. The second-order valence-electron chi connectivity index (χ2n) is 4.88. The maximum absolute atomic E-state index is 9.39. The van der Waals surface area contributed by atoms with Crippen LogP contribution < -0.4 is 0 Å². The van der Waals surface area contributed by atoms with Crippen LogP contribution in [0.5, 0.6) is 5.75 Å². The van der Waals surface area contributed by atoms with Crippen molar-refractivity contribution >= 4 is 12.2 Å². The van der Waals surface area contributed by atoms with E-state index in [4.69, 9.17) is 0 Å². The Bertz CT molecular complexity index is 756. The Morgan fingerprint density at radius 3 is 2.38 bits per heavy atom. The van der Waals surface area contributed by atoms with Crippen molar-refractivity contribution < 1.29 is 5.11 Å². The number of nitrogens with zero attached hydrogens (tertiary/aromatic N) is 2. The second-order valence-corrected chi connectivity index (χ2v) is 4.88. The Labute approximate surface area is 123 Å². The molecule has 0 unspecified atom stereocenters. The minimum atomic E-state index is 0.254. The molecule has 3 rings (SSSR count). The van der Waals surface area contributed by atoms with E-state index in [1.165, 1.54) is 0 Å². The number of aromatic hydroxyl groups is 1. The third kappa shape index (κ3) is 3.03. The standard InChI is InChI=1S/C18H16N2O/c1-14-13-17(8-7-15-5-3-2-4-6-15)20(19-14)16-9-11-18(21)12-10-16/h2-13,21H,1H3/b8-7+. The third-order valence-corrected chi connectivity index (χ3v) is 3.20. The summed E-state index contributed by atoms with van der Waals surface area (Å²) in [5.74, 6) is 0.254. The normalized spacial score (nSPS) is 11.1. The van der Waals surface area contributed by atoms with Crippen LogP contribution in [0.2, 0.25) is 0 Å². The van der Waals surface area contributed by atoms with Gasteiger partial charge in [0.1, 0.15) is 5.75 Å². The highest BCUT2D eigenvalue weighted by atomic mass is 16.3. The van der Waals surface area contributed by atoms with Gasteiger partial charge in [-0.2, -0.15) is 5.10 Å². The van der Waals surface area contributed by atoms with E-state index in [0.29, 0.717) is 0 Å². The Kier molecular flexibility index (Phi) is 3.56. The number of hydrogen-bond acceptors (Lipinski definition) is 2. The second kappa shape index (κ2) is 5.67. The molecule has 0 amide bonds. The van der Waals surface area contributed by atoms with Crippen molar-refractivity contribution in [1.29, 1.82) is 0 Å². The first-order chi connectivity index (χ1) is 10.2. The number of phenols is 1. The molecule has 0 atom stereocenters. The molecule has 1 heterocycles. The summed E-state index contributed by atoms with van der Waals surface area (Å²) >= 11 is 0. The van der Waals surface area contributed by atoms with E-state index in [1.807, 2.05) is 54.1 Å². The number of hydrogen-bond donors (Lipinski definition) is 1. The van der Waals surface area contributed by atoms with Crippen molar-refractivity contribution in [3.8, 4) is 11.4 Å². The largest absolute Gasteiger partial charge is 0.508 e. The molecule has 1 aromatic heterocycles. The summed E-state index contributed by atoms with van der Waals surface area (Å²) in [6.07, 6.45) is 4.11. The van der Waals surface area contributed by atoms with Gasteiger partial charge in [-0.3, -0.25) is 0 Å². The molecule has 0 aliphatic carbocycles. The first-order valence-corrected chi connectivity index (χ1v) is 6.81. The molecule has 0 saturated heterocycles. The molecule has 0 radical (unpaired) electrons. The zero-order valence-electron chi connectivity index (χ0n) is 11.8. The lowest BCUT2D eigenvalue weighted by molar-refractivity contribution is 0.475. The SMILES string of the molecule is Cc1cc(/C=C/c2ccccc2)n(-c2ccc(O)cc2)n1. The predicted octanol–water partition coefficient (Wildman–Crippen LogP) is 4.06. The predicted molar refractivity (Wildman–Crippen MR) is 85.3 cm³/mol. The fourth-order valence-electron chi connectivity index (χ4n) is 2.18. The Balaban J connectivity index is 1.96. The molecule has 0 aliphatic rings. The van der Waals surface area contributed by atoms with Crippen molar-refractivity contribution in [3.05, 3.63) is 77.6 Å². The minimum Gasteiger partial charge on any atom is -0.508 e. The summed E-state index contributed by atoms with van der Waals surface area (Å²) in [7, 11) is 0. The maximum atomic E-state index is 9.39. The fraction of sp³-hybridized carbons (Fsp3) is 0.0556. The van der Waals surface area contributed by atoms with E-state index >= 15 is 0 Å². The van der Waals surface area contributed by atoms with Gasteiger partial charge in [0.15, 0.2) is 0 Å². The maximum Gasteiger partial charge on any atom is 0.115 e. The highest BCUT2D eigenvalue weighted by Crippen LogP contribution is 2.18. The first-order valence-electron chi connectivity index (χ1n) is 6.81. The first kappa shape index (κ1) is 13.2. The van der Waals surface area contributed by atoms with Crippen LogP contribution >= 0.6 is 0 Å². The minimum absolute atomic E-state index is 0.254. The molecule has 0 bridgehead atoms. The van der Waals surface area contributed by atoms with Gasteiger partial charge in [0.25, 0.3) is 0 Å². The molecule has 0 spiro atoms. The zero-order chi connectivity index (χ0) is 14.7. The Morgan fingerprint density at radius 2 is 1.67 bits per heavy atom. The molecule has 3 aromatic rings. The molecule has 2 aromatic carbocycles. The molecule has 104 valence electrons.